The van der Waals surface area contributed by atoms with Crippen LogP contribution in [-0.2, 0) is 11.2 Å². The quantitative estimate of drug-likeness (QED) is 0.819. The van der Waals surface area contributed by atoms with Gasteiger partial charge in [-0.3, -0.25) is 4.98 Å². The van der Waals surface area contributed by atoms with Crippen LogP contribution in [0.5, 0.6) is 0 Å². The monoisotopic (exact) mass is 249 g/mol. The molecule has 1 saturated heterocycles. The lowest BCUT2D eigenvalue weighted by molar-refractivity contribution is 0.0118. The summed E-state index contributed by atoms with van der Waals surface area (Å²) in [6, 6.07) is 4.19. The van der Waals surface area contributed by atoms with Crippen molar-refractivity contribution in [1.82, 2.24) is 9.88 Å². The number of aromatic nitrogens is 1. The first kappa shape index (κ1) is 13.5. The minimum absolute atomic E-state index is 0.422. The van der Waals surface area contributed by atoms with E-state index >= 15 is 0 Å². The molecule has 1 aromatic rings. The van der Waals surface area contributed by atoms with Crippen LogP contribution in [-0.4, -0.2) is 48.8 Å². The highest BCUT2D eigenvalue weighted by molar-refractivity contribution is 5.09. The summed E-state index contributed by atoms with van der Waals surface area (Å²) < 4.78 is 5.68. The standard InChI is InChI=1S/C14H23N3O/c15-6-12-18-14-4-10-17(11-5-14)9-3-13-1-7-16-8-2-13/h1-2,7-8,14H,3-6,9-12,15H2. The van der Waals surface area contributed by atoms with Gasteiger partial charge in [0, 0.05) is 38.6 Å². The number of nitrogens with zero attached hydrogens (tertiary/aromatic N) is 2. The molecule has 4 nitrogen and oxygen atoms in total. The van der Waals surface area contributed by atoms with Crippen molar-refractivity contribution in [3.63, 3.8) is 0 Å². The van der Waals surface area contributed by atoms with E-state index in [0.29, 0.717) is 19.3 Å². The summed E-state index contributed by atoms with van der Waals surface area (Å²) in [6.07, 6.45) is 7.53. The average molecular weight is 249 g/mol. The molecule has 1 aromatic heterocycles. The van der Waals surface area contributed by atoms with Crippen LogP contribution in [0, 0.1) is 0 Å². The van der Waals surface area contributed by atoms with Crippen molar-refractivity contribution in [3.05, 3.63) is 30.1 Å². The minimum atomic E-state index is 0.422. The summed E-state index contributed by atoms with van der Waals surface area (Å²) in [6.45, 7) is 4.73. The lowest BCUT2D eigenvalue weighted by Crippen LogP contribution is -2.38. The highest BCUT2D eigenvalue weighted by atomic mass is 16.5. The fourth-order valence-corrected chi connectivity index (χ4v) is 2.37. The maximum atomic E-state index is 5.68. The maximum Gasteiger partial charge on any atom is 0.0600 e. The minimum Gasteiger partial charge on any atom is -0.377 e. The molecule has 2 rings (SSSR count). The van der Waals surface area contributed by atoms with Crippen LogP contribution in [0.1, 0.15) is 18.4 Å². The Balaban J connectivity index is 1.65. The molecular weight excluding hydrogens is 226 g/mol. The molecule has 4 heteroatoms. The number of pyridine rings is 1. The Bertz CT molecular complexity index is 323. The molecule has 0 amide bonds. The van der Waals surface area contributed by atoms with Gasteiger partial charge >= 0.3 is 0 Å². The van der Waals surface area contributed by atoms with Crippen molar-refractivity contribution in [3.8, 4) is 0 Å². The van der Waals surface area contributed by atoms with Crippen molar-refractivity contribution in [2.24, 2.45) is 5.73 Å². The molecule has 0 saturated carbocycles. The highest BCUT2D eigenvalue weighted by Crippen LogP contribution is 2.14. The Labute approximate surface area is 109 Å². The molecule has 0 atom stereocenters. The average Bonchev–Trinajstić information content (AvgIpc) is 2.45. The SMILES string of the molecule is NCCOC1CCN(CCc2ccncc2)CC1. The van der Waals surface area contributed by atoms with Gasteiger partial charge in [-0.25, -0.2) is 0 Å². The fourth-order valence-electron chi connectivity index (χ4n) is 2.37. The van der Waals surface area contributed by atoms with Gasteiger partial charge < -0.3 is 15.4 Å². The molecule has 0 aromatic carbocycles. The number of hydrogen-bond donors (Lipinski definition) is 1. The van der Waals surface area contributed by atoms with Gasteiger partial charge in [0.1, 0.15) is 0 Å². The van der Waals surface area contributed by atoms with Crippen LogP contribution in [0.4, 0.5) is 0 Å². The van der Waals surface area contributed by atoms with Gasteiger partial charge in [-0.15, -0.1) is 0 Å². The molecule has 2 heterocycles. The van der Waals surface area contributed by atoms with Crippen molar-refractivity contribution < 1.29 is 4.74 Å². The van der Waals surface area contributed by atoms with E-state index < -0.39 is 0 Å². The van der Waals surface area contributed by atoms with Crippen LogP contribution in [0.3, 0.4) is 0 Å². The molecule has 2 N–H and O–H groups in total. The third-order valence-electron chi connectivity index (χ3n) is 3.47. The molecule has 100 valence electrons. The van der Waals surface area contributed by atoms with Crippen molar-refractivity contribution in [1.29, 1.82) is 0 Å². The van der Waals surface area contributed by atoms with Gasteiger partial charge in [0.15, 0.2) is 0 Å². The van der Waals surface area contributed by atoms with Crippen LogP contribution in [0.2, 0.25) is 0 Å². The van der Waals surface area contributed by atoms with Gasteiger partial charge in [-0.1, -0.05) is 0 Å². The van der Waals surface area contributed by atoms with Gasteiger partial charge in [0.05, 0.1) is 12.7 Å². The van der Waals surface area contributed by atoms with E-state index in [1.165, 1.54) is 5.56 Å². The lowest BCUT2D eigenvalue weighted by atomic mass is 10.1. The highest BCUT2D eigenvalue weighted by Gasteiger charge is 2.18. The van der Waals surface area contributed by atoms with E-state index in [2.05, 4.69) is 22.0 Å². The Morgan fingerprint density at radius 3 is 2.67 bits per heavy atom. The molecule has 0 spiro atoms. The van der Waals surface area contributed by atoms with Crippen LogP contribution in [0.15, 0.2) is 24.5 Å². The summed E-state index contributed by atoms with van der Waals surface area (Å²) in [5.41, 5.74) is 6.81. The van der Waals surface area contributed by atoms with Gasteiger partial charge in [-0.2, -0.15) is 0 Å². The Morgan fingerprint density at radius 2 is 2.00 bits per heavy atom. The second-order valence-corrected chi connectivity index (χ2v) is 4.81. The molecular formula is C14H23N3O. The van der Waals surface area contributed by atoms with Gasteiger partial charge in [0.2, 0.25) is 0 Å². The second kappa shape index (κ2) is 7.46. The van der Waals surface area contributed by atoms with Gasteiger partial charge in [0.25, 0.3) is 0 Å². The molecule has 1 fully saturated rings. The third-order valence-corrected chi connectivity index (χ3v) is 3.47. The molecule has 0 radical (unpaired) electrons. The predicted molar refractivity (Wildman–Crippen MR) is 72.4 cm³/mol. The Hall–Kier alpha value is -0.970. The summed E-state index contributed by atoms with van der Waals surface area (Å²) in [5.74, 6) is 0. The van der Waals surface area contributed by atoms with E-state index in [1.807, 2.05) is 12.4 Å². The predicted octanol–water partition coefficient (Wildman–Crippen LogP) is 1.06. The molecule has 0 aliphatic carbocycles. The number of nitrogens with two attached hydrogens (primary N) is 1. The topological polar surface area (TPSA) is 51.4 Å². The lowest BCUT2D eigenvalue weighted by Gasteiger charge is -2.31. The van der Waals surface area contributed by atoms with E-state index in [-0.39, 0.29) is 0 Å². The van der Waals surface area contributed by atoms with E-state index in [4.69, 9.17) is 10.5 Å². The van der Waals surface area contributed by atoms with Crippen molar-refractivity contribution >= 4 is 0 Å². The van der Waals surface area contributed by atoms with E-state index in [9.17, 15) is 0 Å². The number of hydrogen-bond acceptors (Lipinski definition) is 4. The fraction of sp³-hybridized carbons (Fsp3) is 0.643. The summed E-state index contributed by atoms with van der Waals surface area (Å²) in [7, 11) is 0. The number of piperidine rings is 1. The zero-order chi connectivity index (χ0) is 12.6. The molecule has 18 heavy (non-hydrogen) atoms. The zero-order valence-electron chi connectivity index (χ0n) is 10.9. The smallest absolute Gasteiger partial charge is 0.0600 e. The first-order valence-corrected chi connectivity index (χ1v) is 6.81. The number of rotatable bonds is 6. The van der Waals surface area contributed by atoms with Crippen LogP contribution >= 0.6 is 0 Å². The van der Waals surface area contributed by atoms with Crippen LogP contribution < -0.4 is 5.73 Å². The largest absolute Gasteiger partial charge is 0.377 e. The van der Waals surface area contributed by atoms with Crippen LogP contribution in [0.25, 0.3) is 0 Å². The number of likely N-dealkylation sites (tertiary alicyclic amines) is 1. The number of ether oxygens (including phenoxy) is 1. The molecule has 1 aliphatic heterocycles. The summed E-state index contributed by atoms with van der Waals surface area (Å²) in [5, 5.41) is 0. The molecule has 0 unspecified atom stereocenters. The van der Waals surface area contributed by atoms with Gasteiger partial charge in [-0.05, 0) is 37.0 Å². The molecule has 1 aliphatic rings. The zero-order valence-corrected chi connectivity index (χ0v) is 10.9. The third kappa shape index (κ3) is 4.37. The summed E-state index contributed by atoms with van der Waals surface area (Å²) in [4.78, 5) is 6.55. The summed E-state index contributed by atoms with van der Waals surface area (Å²) >= 11 is 0. The first-order chi connectivity index (χ1) is 8.88. The van der Waals surface area contributed by atoms with E-state index in [1.54, 1.807) is 0 Å². The Kier molecular flexibility index (Phi) is 5.58. The second-order valence-electron chi connectivity index (χ2n) is 4.81. The van der Waals surface area contributed by atoms with E-state index in [0.717, 1.165) is 38.9 Å². The van der Waals surface area contributed by atoms with Crippen molar-refractivity contribution in [2.45, 2.75) is 25.4 Å². The normalized spacial score (nSPS) is 18.1. The maximum absolute atomic E-state index is 5.68. The first-order valence-electron chi connectivity index (χ1n) is 6.81. The molecule has 0 bridgehead atoms. The Morgan fingerprint density at radius 1 is 1.28 bits per heavy atom. The van der Waals surface area contributed by atoms with Crippen molar-refractivity contribution in [2.75, 3.05) is 32.8 Å².